The molecule has 14 heavy (non-hydrogen) atoms. The van der Waals surface area contributed by atoms with Crippen LogP contribution in [-0.4, -0.2) is 19.7 Å². The summed E-state index contributed by atoms with van der Waals surface area (Å²) >= 11 is 0. The summed E-state index contributed by atoms with van der Waals surface area (Å²) in [6, 6.07) is 0. The molecule has 0 amide bonds. The number of aliphatic carboxylic acids is 1. The van der Waals surface area contributed by atoms with Gasteiger partial charge in [-0.05, 0) is 25.2 Å². The van der Waals surface area contributed by atoms with Crippen molar-refractivity contribution in [3.05, 3.63) is 0 Å². The first-order valence-electron chi connectivity index (χ1n) is 4.92. The van der Waals surface area contributed by atoms with Gasteiger partial charge in [-0.3, -0.25) is 0 Å². The third-order valence-electron chi connectivity index (χ3n) is 2.12. The largest absolute Gasteiger partial charge is 1.00 e. The van der Waals surface area contributed by atoms with Crippen LogP contribution in [0.25, 0.3) is 0 Å². The van der Waals surface area contributed by atoms with Gasteiger partial charge in [-0.15, -0.1) is 0 Å². The molecule has 0 aromatic rings. The second-order valence-corrected chi connectivity index (χ2v) is 3.29. The molecular weight excluding hydrogens is 191 g/mol. The van der Waals surface area contributed by atoms with Crippen molar-refractivity contribution in [3.8, 4) is 0 Å². The average Bonchev–Trinajstić information content (AvgIpc) is 2.10. The predicted octanol–water partition coefficient (Wildman–Crippen LogP) is -2.03. The van der Waals surface area contributed by atoms with Crippen molar-refractivity contribution in [1.29, 1.82) is 0 Å². The van der Waals surface area contributed by atoms with Crippen LogP contribution < -0.4 is 34.7 Å². The van der Waals surface area contributed by atoms with E-state index in [1.165, 1.54) is 0 Å². The minimum atomic E-state index is -0.903. The molecule has 0 spiro atoms. The van der Waals surface area contributed by atoms with E-state index in [0.29, 0.717) is 6.61 Å². The second kappa shape index (κ2) is 11.5. The summed E-state index contributed by atoms with van der Waals surface area (Å²) < 4.78 is 4.88. The number of ether oxygens (including phenoxy) is 1. The molecule has 0 aliphatic rings. The van der Waals surface area contributed by atoms with Gasteiger partial charge in [0.25, 0.3) is 0 Å². The standard InChI is InChI=1S/C10H20O3.Na/c1-3-6-9(10(11)12)7-4-5-8-13-2;/h9H,3-8H2,1-2H3,(H,11,12);/q;+1/p-1. The summed E-state index contributed by atoms with van der Waals surface area (Å²) in [6.07, 6.45) is 4.20. The summed E-state index contributed by atoms with van der Waals surface area (Å²) in [5.74, 6) is -1.17. The summed E-state index contributed by atoms with van der Waals surface area (Å²) in [7, 11) is 1.66. The van der Waals surface area contributed by atoms with Gasteiger partial charge < -0.3 is 14.6 Å². The van der Waals surface area contributed by atoms with E-state index in [9.17, 15) is 9.90 Å². The molecule has 1 unspecified atom stereocenters. The van der Waals surface area contributed by atoms with Gasteiger partial charge >= 0.3 is 29.6 Å². The zero-order chi connectivity index (χ0) is 10.1. The predicted molar refractivity (Wildman–Crippen MR) is 49.1 cm³/mol. The third kappa shape index (κ3) is 9.00. The fourth-order valence-electron chi connectivity index (χ4n) is 1.37. The molecule has 0 saturated carbocycles. The zero-order valence-corrected chi connectivity index (χ0v) is 11.5. The van der Waals surface area contributed by atoms with Gasteiger partial charge in [0.05, 0.1) is 0 Å². The molecule has 3 nitrogen and oxygen atoms in total. The Morgan fingerprint density at radius 2 is 2.00 bits per heavy atom. The molecule has 0 saturated heterocycles. The quantitative estimate of drug-likeness (QED) is 0.343. The number of methoxy groups -OCH3 is 1. The molecule has 0 fully saturated rings. The number of carbonyl (C=O) groups excluding carboxylic acids is 1. The van der Waals surface area contributed by atoms with Crippen LogP contribution in [0.3, 0.4) is 0 Å². The molecule has 0 aliphatic carbocycles. The van der Waals surface area contributed by atoms with Crippen molar-refractivity contribution in [2.75, 3.05) is 13.7 Å². The Hall–Kier alpha value is 0.430. The first-order chi connectivity index (χ1) is 6.22. The fourth-order valence-corrected chi connectivity index (χ4v) is 1.37. The van der Waals surface area contributed by atoms with E-state index in [2.05, 4.69) is 0 Å². The Bertz CT molecular complexity index is 139. The van der Waals surface area contributed by atoms with Gasteiger partial charge in [0.15, 0.2) is 0 Å². The van der Waals surface area contributed by atoms with Crippen LogP contribution in [0.2, 0.25) is 0 Å². The number of hydrogen-bond acceptors (Lipinski definition) is 3. The van der Waals surface area contributed by atoms with Gasteiger partial charge in [-0.2, -0.15) is 0 Å². The van der Waals surface area contributed by atoms with Crippen LogP contribution in [0, 0.1) is 5.92 Å². The second-order valence-electron chi connectivity index (χ2n) is 3.29. The summed E-state index contributed by atoms with van der Waals surface area (Å²) in [5, 5.41) is 10.6. The van der Waals surface area contributed by atoms with Crippen LogP contribution in [-0.2, 0) is 9.53 Å². The molecule has 0 radical (unpaired) electrons. The van der Waals surface area contributed by atoms with Crippen molar-refractivity contribution in [1.82, 2.24) is 0 Å². The summed E-state index contributed by atoms with van der Waals surface area (Å²) in [6.45, 7) is 2.71. The van der Waals surface area contributed by atoms with Crippen LogP contribution in [0.5, 0.6) is 0 Å². The smallest absolute Gasteiger partial charge is 0.550 e. The van der Waals surface area contributed by atoms with Gasteiger partial charge in [-0.1, -0.05) is 19.8 Å². The van der Waals surface area contributed by atoms with Crippen LogP contribution in [0.1, 0.15) is 39.0 Å². The first-order valence-corrected chi connectivity index (χ1v) is 4.92. The van der Waals surface area contributed by atoms with Crippen molar-refractivity contribution in [2.45, 2.75) is 39.0 Å². The number of hydrogen-bond donors (Lipinski definition) is 0. The minimum absolute atomic E-state index is 0. The van der Waals surface area contributed by atoms with Gasteiger partial charge in [0.2, 0.25) is 0 Å². The Balaban J connectivity index is 0. The summed E-state index contributed by atoms with van der Waals surface area (Å²) in [4.78, 5) is 10.6. The molecule has 0 aromatic carbocycles. The number of carboxylic acids is 1. The maximum absolute atomic E-state index is 10.6. The van der Waals surface area contributed by atoms with Crippen molar-refractivity contribution in [2.24, 2.45) is 5.92 Å². The first kappa shape index (κ1) is 16.8. The molecule has 0 bridgehead atoms. The van der Waals surface area contributed by atoms with E-state index in [-0.39, 0.29) is 35.5 Å². The minimum Gasteiger partial charge on any atom is -0.550 e. The maximum Gasteiger partial charge on any atom is 1.00 e. The third-order valence-corrected chi connectivity index (χ3v) is 2.12. The van der Waals surface area contributed by atoms with E-state index in [0.717, 1.165) is 32.1 Å². The van der Waals surface area contributed by atoms with Gasteiger partial charge in [0, 0.05) is 19.7 Å². The molecule has 0 heterocycles. The van der Waals surface area contributed by atoms with Gasteiger partial charge in [0.1, 0.15) is 0 Å². The Morgan fingerprint density at radius 1 is 1.36 bits per heavy atom. The van der Waals surface area contributed by atoms with E-state index in [1.54, 1.807) is 7.11 Å². The molecule has 0 aliphatic heterocycles. The Labute approximate surface area is 109 Å². The topological polar surface area (TPSA) is 49.4 Å². The molecular formula is C10H19NaO3. The molecule has 0 N–H and O–H groups in total. The Morgan fingerprint density at radius 3 is 2.43 bits per heavy atom. The van der Waals surface area contributed by atoms with E-state index >= 15 is 0 Å². The van der Waals surface area contributed by atoms with E-state index in [1.807, 2.05) is 6.92 Å². The van der Waals surface area contributed by atoms with E-state index in [4.69, 9.17) is 4.74 Å². The normalized spacial score (nSPS) is 11.9. The van der Waals surface area contributed by atoms with Crippen molar-refractivity contribution in [3.63, 3.8) is 0 Å². The SMILES string of the molecule is CCCC(CCCCOC)C(=O)[O-].[Na+]. The molecule has 4 heteroatoms. The van der Waals surface area contributed by atoms with E-state index < -0.39 is 5.97 Å². The fraction of sp³-hybridized carbons (Fsp3) is 0.900. The number of rotatable bonds is 8. The van der Waals surface area contributed by atoms with Gasteiger partial charge in [-0.25, -0.2) is 0 Å². The zero-order valence-electron chi connectivity index (χ0n) is 9.54. The number of carboxylic acid groups (broad SMARTS) is 1. The number of carbonyl (C=O) groups is 1. The van der Waals surface area contributed by atoms with Crippen LogP contribution in [0.4, 0.5) is 0 Å². The summed E-state index contributed by atoms with van der Waals surface area (Å²) in [5.41, 5.74) is 0. The molecule has 0 aromatic heterocycles. The van der Waals surface area contributed by atoms with Crippen LogP contribution >= 0.6 is 0 Å². The van der Waals surface area contributed by atoms with Crippen molar-refractivity contribution < 1.29 is 44.2 Å². The van der Waals surface area contributed by atoms with Crippen LogP contribution in [0.15, 0.2) is 0 Å². The van der Waals surface area contributed by atoms with Crippen molar-refractivity contribution >= 4 is 5.97 Å². The average molecular weight is 210 g/mol. The maximum atomic E-state index is 10.6. The monoisotopic (exact) mass is 210 g/mol. The molecule has 1 atom stereocenters. The Kier molecular flexibility index (Phi) is 13.8. The molecule has 78 valence electrons. The molecule has 0 rings (SSSR count). The number of unbranched alkanes of at least 4 members (excludes halogenated alkanes) is 1.